The summed E-state index contributed by atoms with van der Waals surface area (Å²) in [5, 5.41) is 9.20. The topological polar surface area (TPSA) is 191 Å². The van der Waals surface area contributed by atoms with Crippen LogP contribution in [0.4, 0.5) is 23.1 Å². The molecule has 3 N–H and O–H groups in total. The van der Waals surface area contributed by atoms with Crippen LogP contribution in [0.15, 0.2) is 53.5 Å². The van der Waals surface area contributed by atoms with Crippen molar-refractivity contribution in [2.45, 2.75) is 77.5 Å². The molecule has 326 valence electrons. The van der Waals surface area contributed by atoms with Crippen LogP contribution in [0.2, 0.25) is 5.02 Å². The summed E-state index contributed by atoms with van der Waals surface area (Å²) in [7, 11) is 1.51. The molecular weight excluding hydrogens is 816 g/mol. The number of ether oxygens (including phenoxy) is 1. The van der Waals surface area contributed by atoms with Crippen LogP contribution >= 0.6 is 11.6 Å². The lowest BCUT2D eigenvalue weighted by Gasteiger charge is -2.47. The Hall–Kier alpha value is -6.07. The molecule has 62 heavy (non-hydrogen) atoms. The number of benzene rings is 2. The molecule has 2 aromatic heterocycles. The van der Waals surface area contributed by atoms with Crippen molar-refractivity contribution in [3.05, 3.63) is 75.2 Å². The molecule has 2 aromatic carbocycles. The van der Waals surface area contributed by atoms with E-state index < -0.39 is 29.7 Å². The first kappa shape index (κ1) is 42.6. The van der Waals surface area contributed by atoms with Crippen LogP contribution in [-0.2, 0) is 14.4 Å². The third kappa shape index (κ3) is 8.18. The smallest absolute Gasteiger partial charge is 0.293 e. The normalized spacial score (nSPS) is 21.1. The van der Waals surface area contributed by atoms with Gasteiger partial charge in [0.1, 0.15) is 11.1 Å². The number of halogens is 1. The Bertz CT molecular complexity index is 2510. The van der Waals surface area contributed by atoms with E-state index in [1.165, 1.54) is 7.05 Å². The first-order chi connectivity index (χ1) is 29.7. The van der Waals surface area contributed by atoms with Crippen molar-refractivity contribution in [3.8, 4) is 5.75 Å². The second-order valence-corrected chi connectivity index (χ2v) is 17.3. The standard InChI is InChI=1S/C44H51ClN10O7/c1-24(2)54-32-10-9-29(17-28(32)18-35(42(54)60)62-23-37(57)46-5)48-39-31(45)19-47-44(50-39)51-15-13-27(14-16-51)22-53-25(3)20-52(21-26(53)4)33-8-6-7-30-38(33)43(61)55(41(30)59)34-11-12-36(56)49-40(34)58/h6-10,17-19,24-27,34H,11-16,20-23H2,1-5H3,(H,46,57)(H,47,48,50)(H,49,56,58)/t25-,26+,34?. The fourth-order valence-electron chi connectivity index (χ4n) is 9.25. The Morgan fingerprint density at radius 1 is 0.968 bits per heavy atom. The van der Waals surface area contributed by atoms with Crippen LogP contribution in [0.25, 0.3) is 10.9 Å². The predicted molar refractivity (Wildman–Crippen MR) is 234 cm³/mol. The summed E-state index contributed by atoms with van der Waals surface area (Å²) < 4.78 is 7.26. The fraction of sp³-hybridized carbons (Fsp3) is 0.455. The van der Waals surface area contributed by atoms with E-state index in [0.717, 1.165) is 48.3 Å². The number of amides is 5. The number of imide groups is 2. The molecule has 17 nitrogen and oxygen atoms in total. The van der Waals surface area contributed by atoms with Gasteiger partial charge >= 0.3 is 0 Å². The highest BCUT2D eigenvalue weighted by molar-refractivity contribution is 6.33. The van der Waals surface area contributed by atoms with Gasteiger partial charge in [0.15, 0.2) is 18.2 Å². The van der Waals surface area contributed by atoms with Gasteiger partial charge in [0.25, 0.3) is 23.3 Å². The Labute approximate surface area is 363 Å². The summed E-state index contributed by atoms with van der Waals surface area (Å²) in [6, 6.07) is 11.7. The quantitative estimate of drug-likeness (QED) is 0.183. The van der Waals surface area contributed by atoms with Crippen molar-refractivity contribution in [2.24, 2.45) is 5.92 Å². The van der Waals surface area contributed by atoms with Gasteiger partial charge in [-0.25, -0.2) is 4.98 Å². The number of nitrogens with one attached hydrogen (secondary N) is 3. The van der Waals surface area contributed by atoms with Gasteiger partial charge in [0, 0.05) is 75.4 Å². The summed E-state index contributed by atoms with van der Waals surface area (Å²) in [5.74, 6) is -0.817. The van der Waals surface area contributed by atoms with Gasteiger partial charge in [0.05, 0.1) is 28.5 Å². The molecule has 3 saturated heterocycles. The Morgan fingerprint density at radius 2 is 1.71 bits per heavy atom. The summed E-state index contributed by atoms with van der Waals surface area (Å²) in [5.41, 5.74) is 2.40. The Kier molecular flexibility index (Phi) is 11.9. The second kappa shape index (κ2) is 17.4. The number of rotatable bonds is 11. The van der Waals surface area contributed by atoms with E-state index in [1.54, 1.807) is 29.0 Å². The number of likely N-dealkylation sites (N-methyl/N-ethyl adjacent to an activating group) is 1. The maximum absolute atomic E-state index is 13.8. The van der Waals surface area contributed by atoms with Crippen molar-refractivity contribution < 1.29 is 28.7 Å². The van der Waals surface area contributed by atoms with E-state index in [4.69, 9.17) is 21.3 Å². The van der Waals surface area contributed by atoms with E-state index in [0.29, 0.717) is 52.7 Å². The molecule has 0 aliphatic carbocycles. The number of fused-ring (bicyclic) bond motifs is 2. The van der Waals surface area contributed by atoms with Crippen LogP contribution in [-0.4, -0.2) is 118 Å². The van der Waals surface area contributed by atoms with Gasteiger partial charge in [-0.1, -0.05) is 17.7 Å². The van der Waals surface area contributed by atoms with Gasteiger partial charge < -0.3 is 29.7 Å². The Balaban J connectivity index is 0.900. The molecule has 0 spiro atoms. The zero-order valence-corrected chi connectivity index (χ0v) is 36.2. The lowest BCUT2D eigenvalue weighted by molar-refractivity contribution is -0.136. The molecule has 4 aliphatic rings. The Morgan fingerprint density at radius 3 is 2.40 bits per heavy atom. The van der Waals surface area contributed by atoms with Gasteiger partial charge in [0.2, 0.25) is 17.8 Å². The SMILES string of the molecule is CNC(=O)COc1cc2cc(Nc3nc(N4CCC(CN5[C@H](C)CN(c6cccc7c6C(=O)N(C6CCC(=O)NC6=O)C7=O)C[C@@H]5C)CC4)ncc3Cl)ccc2n(C(C)C)c1=O. The van der Waals surface area contributed by atoms with Crippen molar-refractivity contribution in [3.63, 3.8) is 0 Å². The van der Waals surface area contributed by atoms with E-state index in [1.807, 2.05) is 38.1 Å². The molecular formula is C44H51ClN10O7. The number of pyridine rings is 1. The molecule has 4 aliphatic heterocycles. The lowest BCUT2D eigenvalue weighted by atomic mass is 9.94. The average molecular weight is 867 g/mol. The van der Waals surface area contributed by atoms with Crippen LogP contribution < -0.4 is 36.0 Å². The number of aromatic nitrogens is 3. The lowest BCUT2D eigenvalue weighted by Crippen LogP contribution is -2.58. The highest BCUT2D eigenvalue weighted by atomic mass is 35.5. The summed E-state index contributed by atoms with van der Waals surface area (Å²) in [6.45, 7) is 11.7. The van der Waals surface area contributed by atoms with E-state index in [9.17, 15) is 28.8 Å². The van der Waals surface area contributed by atoms with Crippen LogP contribution in [0, 0.1) is 5.92 Å². The van der Waals surface area contributed by atoms with Gasteiger partial charge in [-0.15, -0.1) is 0 Å². The van der Waals surface area contributed by atoms with Gasteiger partial charge in [-0.05, 0) is 89.3 Å². The molecule has 18 heteroatoms. The number of piperazine rings is 1. The number of hydrogen-bond donors (Lipinski definition) is 3. The molecule has 0 bridgehead atoms. The molecule has 6 heterocycles. The first-order valence-corrected chi connectivity index (χ1v) is 21.5. The molecule has 0 saturated carbocycles. The number of piperidine rings is 2. The van der Waals surface area contributed by atoms with E-state index in [2.05, 4.69) is 49.5 Å². The monoisotopic (exact) mass is 866 g/mol. The molecule has 1 unspecified atom stereocenters. The second-order valence-electron chi connectivity index (χ2n) is 16.9. The predicted octanol–water partition coefficient (Wildman–Crippen LogP) is 4.11. The van der Waals surface area contributed by atoms with Gasteiger partial charge in [-0.2, -0.15) is 4.98 Å². The minimum atomic E-state index is -1.01. The molecule has 4 aromatic rings. The molecule has 0 radical (unpaired) electrons. The summed E-state index contributed by atoms with van der Waals surface area (Å²) in [6.07, 6.45) is 3.67. The number of anilines is 4. The first-order valence-electron chi connectivity index (χ1n) is 21.1. The molecule has 3 fully saturated rings. The maximum atomic E-state index is 13.8. The minimum Gasteiger partial charge on any atom is -0.478 e. The number of carbonyl (C=O) groups excluding carboxylic acids is 5. The van der Waals surface area contributed by atoms with Crippen molar-refractivity contribution in [2.75, 3.05) is 61.5 Å². The summed E-state index contributed by atoms with van der Waals surface area (Å²) in [4.78, 5) is 94.2. The summed E-state index contributed by atoms with van der Waals surface area (Å²) >= 11 is 6.62. The van der Waals surface area contributed by atoms with Crippen LogP contribution in [0.1, 0.15) is 80.1 Å². The minimum absolute atomic E-state index is 0.0709. The maximum Gasteiger partial charge on any atom is 0.293 e. The average Bonchev–Trinajstić information content (AvgIpc) is 3.50. The van der Waals surface area contributed by atoms with E-state index >= 15 is 0 Å². The third-order valence-electron chi connectivity index (χ3n) is 12.4. The van der Waals surface area contributed by atoms with Crippen molar-refractivity contribution in [1.82, 2.24) is 35.0 Å². The van der Waals surface area contributed by atoms with Crippen LogP contribution in [0.3, 0.4) is 0 Å². The number of nitrogens with zero attached hydrogens (tertiary/aromatic N) is 7. The fourth-order valence-corrected chi connectivity index (χ4v) is 9.39. The zero-order chi connectivity index (χ0) is 44.0. The molecule has 5 amide bonds. The van der Waals surface area contributed by atoms with Crippen LogP contribution in [0.5, 0.6) is 5.75 Å². The number of hydrogen-bond acceptors (Lipinski definition) is 13. The van der Waals surface area contributed by atoms with Crippen molar-refractivity contribution in [1.29, 1.82) is 0 Å². The third-order valence-corrected chi connectivity index (χ3v) is 12.7. The van der Waals surface area contributed by atoms with Crippen molar-refractivity contribution >= 4 is 75.2 Å². The molecule has 8 rings (SSSR count). The number of carbonyl (C=O) groups is 5. The largest absolute Gasteiger partial charge is 0.478 e. The highest BCUT2D eigenvalue weighted by Gasteiger charge is 2.46. The van der Waals surface area contributed by atoms with E-state index in [-0.39, 0.29) is 60.4 Å². The zero-order valence-electron chi connectivity index (χ0n) is 35.4. The molecule has 3 atom stereocenters. The highest BCUT2D eigenvalue weighted by Crippen LogP contribution is 2.37. The van der Waals surface area contributed by atoms with Gasteiger partial charge in [-0.3, -0.25) is 43.9 Å².